The average molecular weight is 484 g/mol. The number of hydrogen-bond donors (Lipinski definition) is 0. The molecule has 0 fully saturated rings. The van der Waals surface area contributed by atoms with Gasteiger partial charge in [-0.2, -0.15) is 0 Å². The topological polar surface area (TPSA) is 51.0 Å². The van der Waals surface area contributed by atoms with Gasteiger partial charge in [0.1, 0.15) is 0 Å². The number of amides is 1. The van der Waals surface area contributed by atoms with Gasteiger partial charge in [0.25, 0.3) is 5.91 Å². The van der Waals surface area contributed by atoms with Crippen LogP contribution in [0.4, 0.5) is 5.13 Å². The minimum absolute atomic E-state index is 0. The van der Waals surface area contributed by atoms with E-state index in [2.05, 4.69) is 25.9 Å². The fraction of sp³-hybridized carbons (Fsp3) is 0.167. The van der Waals surface area contributed by atoms with Gasteiger partial charge in [0.2, 0.25) is 0 Å². The number of thiophene rings is 1. The Kier molecular flexibility index (Phi) is 6.64. The molecule has 0 spiro atoms. The number of aromatic nitrogens is 3. The smallest absolute Gasteiger partial charge is 0.270 e. The maximum Gasteiger partial charge on any atom is 0.270 e. The first-order chi connectivity index (χ1) is 12.7. The summed E-state index contributed by atoms with van der Waals surface area (Å²) < 4.78 is 4.09. The monoisotopic (exact) mass is 482 g/mol. The highest BCUT2D eigenvalue weighted by Gasteiger charge is 2.21. The molecule has 3 heterocycles. The Morgan fingerprint density at radius 2 is 2.19 bits per heavy atom. The molecule has 0 N–H and O–H groups in total. The van der Waals surface area contributed by atoms with Gasteiger partial charge in [-0.25, -0.2) is 9.97 Å². The molecule has 0 unspecified atom stereocenters. The molecule has 0 aliphatic heterocycles. The Hall–Kier alpha value is -1.74. The van der Waals surface area contributed by atoms with E-state index in [1.54, 1.807) is 28.8 Å². The van der Waals surface area contributed by atoms with Crippen LogP contribution in [0.25, 0.3) is 10.2 Å². The molecule has 0 radical (unpaired) electrons. The summed E-state index contributed by atoms with van der Waals surface area (Å²) in [5, 5.41) is 2.66. The first-order valence-corrected chi connectivity index (χ1v) is 10.6. The first kappa shape index (κ1) is 20.0. The Morgan fingerprint density at radius 1 is 1.30 bits per heavy atom. The molecule has 0 aliphatic carbocycles. The SMILES string of the molecule is Cl.O=C(c1cccs1)N(CCCn1ccnc1)c1nc2ccc(Br)cc2s1. The van der Waals surface area contributed by atoms with Crippen LogP contribution in [-0.2, 0) is 6.54 Å². The minimum Gasteiger partial charge on any atom is -0.337 e. The molecule has 9 heteroatoms. The maximum atomic E-state index is 13.0. The van der Waals surface area contributed by atoms with Gasteiger partial charge in [-0.05, 0) is 36.1 Å². The van der Waals surface area contributed by atoms with E-state index < -0.39 is 0 Å². The molecule has 0 saturated heterocycles. The molecule has 5 nitrogen and oxygen atoms in total. The molecule has 3 aromatic heterocycles. The second-order valence-corrected chi connectivity index (χ2v) is 8.57. The zero-order chi connectivity index (χ0) is 17.9. The number of thiazole rings is 1. The predicted molar refractivity (Wildman–Crippen MR) is 117 cm³/mol. The van der Waals surface area contributed by atoms with E-state index in [1.165, 1.54) is 11.3 Å². The fourth-order valence-electron chi connectivity index (χ4n) is 2.65. The number of carbonyl (C=O) groups excluding carboxylic acids is 1. The van der Waals surface area contributed by atoms with Crippen LogP contribution >= 0.6 is 51.0 Å². The second-order valence-electron chi connectivity index (χ2n) is 5.70. The predicted octanol–water partition coefficient (Wildman–Crippen LogP) is 5.48. The van der Waals surface area contributed by atoms with Crippen LogP contribution < -0.4 is 4.90 Å². The molecule has 0 bridgehead atoms. The summed E-state index contributed by atoms with van der Waals surface area (Å²) in [5.74, 6) is 0.00347. The van der Waals surface area contributed by atoms with Crippen molar-refractivity contribution in [2.24, 2.45) is 0 Å². The van der Waals surface area contributed by atoms with Gasteiger partial charge in [0, 0.05) is 30.0 Å². The summed E-state index contributed by atoms with van der Waals surface area (Å²) in [6.07, 6.45) is 6.31. The van der Waals surface area contributed by atoms with Crippen LogP contribution in [-0.4, -0.2) is 27.0 Å². The van der Waals surface area contributed by atoms with Crippen LogP contribution in [0.3, 0.4) is 0 Å². The Labute approximate surface area is 179 Å². The number of anilines is 1. The third-order valence-corrected chi connectivity index (χ3v) is 6.30. The zero-order valence-corrected chi connectivity index (χ0v) is 18.2. The van der Waals surface area contributed by atoms with E-state index >= 15 is 0 Å². The lowest BCUT2D eigenvalue weighted by molar-refractivity contribution is 0.0990. The van der Waals surface area contributed by atoms with E-state index in [1.807, 2.05) is 46.5 Å². The van der Waals surface area contributed by atoms with Crippen LogP contribution in [0.5, 0.6) is 0 Å². The number of rotatable bonds is 6. The van der Waals surface area contributed by atoms with Gasteiger partial charge in [-0.1, -0.05) is 33.3 Å². The van der Waals surface area contributed by atoms with Crippen LogP contribution in [0.1, 0.15) is 16.1 Å². The van der Waals surface area contributed by atoms with Gasteiger partial charge in [-0.3, -0.25) is 9.69 Å². The van der Waals surface area contributed by atoms with Crippen molar-refractivity contribution in [1.29, 1.82) is 0 Å². The fourth-order valence-corrected chi connectivity index (χ4v) is 4.86. The molecule has 4 rings (SSSR count). The molecule has 1 aromatic carbocycles. The summed E-state index contributed by atoms with van der Waals surface area (Å²) in [4.78, 5) is 24.3. The molecule has 0 aliphatic rings. The van der Waals surface area contributed by atoms with Crippen molar-refractivity contribution in [3.63, 3.8) is 0 Å². The van der Waals surface area contributed by atoms with E-state index in [4.69, 9.17) is 0 Å². The summed E-state index contributed by atoms with van der Waals surface area (Å²) in [5.41, 5.74) is 0.909. The van der Waals surface area contributed by atoms with E-state index in [0.717, 1.165) is 37.7 Å². The van der Waals surface area contributed by atoms with Crippen molar-refractivity contribution < 1.29 is 4.79 Å². The highest BCUT2D eigenvalue weighted by atomic mass is 79.9. The van der Waals surface area contributed by atoms with Gasteiger partial charge in [-0.15, -0.1) is 23.7 Å². The Balaban J connectivity index is 0.00000210. The molecule has 0 atom stereocenters. The van der Waals surface area contributed by atoms with Crippen molar-refractivity contribution in [2.75, 3.05) is 11.4 Å². The van der Waals surface area contributed by atoms with Crippen molar-refractivity contribution in [3.05, 3.63) is 63.8 Å². The summed E-state index contributed by atoms with van der Waals surface area (Å²) in [7, 11) is 0. The van der Waals surface area contributed by atoms with Gasteiger partial charge < -0.3 is 4.57 Å². The lowest BCUT2D eigenvalue weighted by Crippen LogP contribution is -2.31. The van der Waals surface area contributed by atoms with Crippen molar-refractivity contribution in [1.82, 2.24) is 14.5 Å². The number of imidazole rings is 1. The number of aryl methyl sites for hydroxylation is 1. The maximum absolute atomic E-state index is 13.0. The first-order valence-electron chi connectivity index (χ1n) is 8.08. The third-order valence-electron chi connectivity index (χ3n) is 3.90. The number of fused-ring (bicyclic) bond motifs is 1. The number of carbonyl (C=O) groups is 1. The molecule has 27 heavy (non-hydrogen) atoms. The van der Waals surface area contributed by atoms with Gasteiger partial charge >= 0.3 is 0 Å². The normalized spacial score (nSPS) is 10.7. The van der Waals surface area contributed by atoms with Crippen LogP contribution in [0, 0.1) is 0 Å². The van der Waals surface area contributed by atoms with Gasteiger partial charge in [0.05, 0.1) is 21.4 Å². The second kappa shape index (κ2) is 8.97. The van der Waals surface area contributed by atoms with Crippen molar-refractivity contribution in [3.8, 4) is 0 Å². The molecule has 1 amide bonds. The molecular formula is C18H16BrClN4OS2. The average Bonchev–Trinajstić information content (AvgIpc) is 3.38. The summed E-state index contributed by atoms with van der Waals surface area (Å²) in [6.45, 7) is 1.42. The van der Waals surface area contributed by atoms with Crippen LogP contribution in [0.15, 0.2) is 58.9 Å². The molecule has 140 valence electrons. The lowest BCUT2D eigenvalue weighted by atomic mass is 10.3. The third kappa shape index (κ3) is 4.57. The molecule has 4 aromatic rings. The standard InChI is InChI=1S/C18H15BrN4OS2.ClH/c19-13-4-5-14-16(11-13)26-18(21-14)23(17(24)15-3-1-10-25-15)8-2-7-22-9-6-20-12-22;/h1,3-6,9-12H,2,7-8H2;1H. The number of benzene rings is 1. The zero-order valence-electron chi connectivity index (χ0n) is 14.1. The largest absolute Gasteiger partial charge is 0.337 e. The quantitative estimate of drug-likeness (QED) is 0.365. The van der Waals surface area contributed by atoms with Gasteiger partial charge in [0.15, 0.2) is 5.13 Å². The number of hydrogen-bond acceptors (Lipinski definition) is 5. The van der Waals surface area contributed by atoms with E-state index in [-0.39, 0.29) is 18.3 Å². The van der Waals surface area contributed by atoms with Crippen molar-refractivity contribution >= 4 is 72.3 Å². The summed E-state index contributed by atoms with van der Waals surface area (Å²) in [6, 6.07) is 9.74. The van der Waals surface area contributed by atoms with E-state index in [0.29, 0.717) is 6.54 Å². The Bertz CT molecular complexity index is 1020. The number of nitrogens with zero attached hydrogens (tertiary/aromatic N) is 4. The highest BCUT2D eigenvalue weighted by molar-refractivity contribution is 9.10. The minimum atomic E-state index is 0. The molecule has 0 saturated carbocycles. The Morgan fingerprint density at radius 3 is 2.93 bits per heavy atom. The number of halogens is 2. The van der Waals surface area contributed by atoms with Crippen molar-refractivity contribution in [2.45, 2.75) is 13.0 Å². The van der Waals surface area contributed by atoms with E-state index in [9.17, 15) is 4.79 Å². The summed E-state index contributed by atoms with van der Waals surface area (Å²) >= 11 is 6.49. The van der Waals surface area contributed by atoms with Crippen LogP contribution in [0.2, 0.25) is 0 Å². The highest BCUT2D eigenvalue weighted by Crippen LogP contribution is 2.32. The molecular weight excluding hydrogens is 468 g/mol. The lowest BCUT2D eigenvalue weighted by Gasteiger charge is -2.19.